The fourth-order valence-electron chi connectivity index (χ4n) is 1.33. The van der Waals surface area contributed by atoms with Crippen molar-refractivity contribution in [2.24, 2.45) is 5.73 Å². The first-order valence-electron chi connectivity index (χ1n) is 5.42. The molecule has 0 fully saturated rings. The number of carbonyl (C=O) groups excluding carboxylic acids is 1. The van der Waals surface area contributed by atoms with E-state index >= 15 is 0 Å². The molecule has 102 valence electrons. The van der Waals surface area contributed by atoms with Crippen LogP contribution in [0.15, 0.2) is 18.2 Å². The fraction of sp³-hybridized carbons (Fsp3) is 0.417. The smallest absolute Gasteiger partial charge is 0.224 e. The van der Waals surface area contributed by atoms with Crippen molar-refractivity contribution in [3.63, 3.8) is 0 Å². The summed E-state index contributed by atoms with van der Waals surface area (Å²) in [4.78, 5) is 11.5. The van der Waals surface area contributed by atoms with E-state index in [1.165, 1.54) is 0 Å². The summed E-state index contributed by atoms with van der Waals surface area (Å²) < 4.78 is 5.02. The van der Waals surface area contributed by atoms with Gasteiger partial charge in [0.25, 0.3) is 0 Å². The molecule has 3 N–H and O–H groups in total. The van der Waals surface area contributed by atoms with Crippen LogP contribution < -0.4 is 15.8 Å². The van der Waals surface area contributed by atoms with Gasteiger partial charge in [0, 0.05) is 18.2 Å². The lowest BCUT2D eigenvalue weighted by Gasteiger charge is -2.08. The number of rotatable bonds is 5. The molecule has 0 aliphatic carbocycles. The Morgan fingerprint density at radius 2 is 2.22 bits per heavy atom. The van der Waals surface area contributed by atoms with Gasteiger partial charge in [-0.15, -0.1) is 12.4 Å². The highest BCUT2D eigenvalue weighted by molar-refractivity contribution is 6.32. The van der Waals surface area contributed by atoms with Crippen molar-refractivity contribution in [1.82, 2.24) is 0 Å². The number of nitrogens with two attached hydrogens (primary N) is 1. The number of anilines is 1. The van der Waals surface area contributed by atoms with Crippen molar-refractivity contribution in [2.45, 2.75) is 25.8 Å². The normalized spacial score (nSPS) is 11.3. The minimum absolute atomic E-state index is 0. The van der Waals surface area contributed by atoms with Gasteiger partial charge in [0.15, 0.2) is 0 Å². The minimum atomic E-state index is -0.0662. The molecule has 0 aliphatic heterocycles. The number of carbonyl (C=O) groups is 1. The molecule has 0 aromatic heterocycles. The average Bonchev–Trinajstić information content (AvgIpc) is 2.26. The predicted octanol–water partition coefficient (Wildman–Crippen LogP) is 2.84. The van der Waals surface area contributed by atoms with Crippen LogP contribution in [0.1, 0.15) is 19.8 Å². The number of hydrogen-bond acceptors (Lipinski definition) is 3. The molecule has 1 rings (SSSR count). The number of halogens is 2. The van der Waals surface area contributed by atoms with Crippen LogP contribution in [-0.2, 0) is 4.79 Å². The maximum atomic E-state index is 11.5. The quantitative estimate of drug-likeness (QED) is 0.877. The van der Waals surface area contributed by atoms with Gasteiger partial charge in [-0.25, -0.2) is 0 Å². The van der Waals surface area contributed by atoms with Gasteiger partial charge in [0.2, 0.25) is 5.91 Å². The summed E-state index contributed by atoms with van der Waals surface area (Å²) in [6.07, 6.45) is 1.07. The Balaban J connectivity index is 0.00000289. The number of amides is 1. The summed E-state index contributed by atoms with van der Waals surface area (Å²) in [5, 5.41) is 3.22. The van der Waals surface area contributed by atoms with E-state index in [1.807, 2.05) is 6.92 Å². The average molecular weight is 293 g/mol. The molecule has 1 aromatic carbocycles. The largest absolute Gasteiger partial charge is 0.495 e. The van der Waals surface area contributed by atoms with E-state index in [0.29, 0.717) is 29.3 Å². The molecule has 0 saturated carbocycles. The molecule has 0 bridgehead atoms. The van der Waals surface area contributed by atoms with Gasteiger partial charge >= 0.3 is 0 Å². The second-order valence-corrected chi connectivity index (χ2v) is 4.32. The highest BCUT2D eigenvalue weighted by Crippen LogP contribution is 2.27. The molecule has 0 radical (unpaired) electrons. The van der Waals surface area contributed by atoms with Gasteiger partial charge in [0.05, 0.1) is 12.1 Å². The summed E-state index contributed by atoms with van der Waals surface area (Å²) in [7, 11) is 1.54. The van der Waals surface area contributed by atoms with Crippen LogP contribution in [0.4, 0.5) is 5.69 Å². The first-order chi connectivity index (χ1) is 8.02. The van der Waals surface area contributed by atoms with Crippen LogP contribution >= 0.6 is 24.0 Å². The Bertz CT molecular complexity index is 398. The molecule has 1 amide bonds. The summed E-state index contributed by atoms with van der Waals surface area (Å²) in [5.41, 5.74) is 6.24. The van der Waals surface area contributed by atoms with E-state index in [4.69, 9.17) is 22.1 Å². The fourth-order valence-corrected chi connectivity index (χ4v) is 1.58. The molecule has 0 aliphatic rings. The van der Waals surface area contributed by atoms with E-state index in [2.05, 4.69) is 5.32 Å². The maximum absolute atomic E-state index is 11.5. The Morgan fingerprint density at radius 1 is 1.56 bits per heavy atom. The van der Waals surface area contributed by atoms with Gasteiger partial charge in [0.1, 0.15) is 5.75 Å². The first kappa shape index (κ1) is 17.0. The lowest BCUT2D eigenvalue weighted by atomic mass is 10.2. The third-order valence-corrected chi connectivity index (χ3v) is 2.56. The number of methoxy groups -OCH3 is 1. The molecule has 1 aromatic rings. The van der Waals surface area contributed by atoms with Gasteiger partial charge < -0.3 is 15.8 Å². The van der Waals surface area contributed by atoms with E-state index in [-0.39, 0.29) is 24.4 Å². The molecule has 1 atom stereocenters. The lowest BCUT2D eigenvalue weighted by Crippen LogP contribution is -2.19. The van der Waals surface area contributed by atoms with Gasteiger partial charge in [-0.2, -0.15) is 0 Å². The van der Waals surface area contributed by atoms with Crippen LogP contribution in [0.2, 0.25) is 5.02 Å². The van der Waals surface area contributed by atoms with Crippen molar-refractivity contribution in [1.29, 1.82) is 0 Å². The molecule has 6 heteroatoms. The molecule has 1 unspecified atom stereocenters. The number of nitrogens with one attached hydrogen (secondary N) is 1. The number of benzene rings is 1. The Morgan fingerprint density at radius 3 is 2.72 bits per heavy atom. The Labute approximate surface area is 118 Å². The van der Waals surface area contributed by atoms with E-state index in [9.17, 15) is 4.79 Å². The summed E-state index contributed by atoms with van der Waals surface area (Å²) in [6, 6.07) is 5.14. The van der Waals surface area contributed by atoms with E-state index in [1.54, 1.807) is 25.3 Å². The van der Waals surface area contributed by atoms with Crippen LogP contribution in [0, 0.1) is 0 Å². The van der Waals surface area contributed by atoms with Gasteiger partial charge in [-0.1, -0.05) is 11.6 Å². The van der Waals surface area contributed by atoms with Crippen LogP contribution in [0.3, 0.4) is 0 Å². The topological polar surface area (TPSA) is 64.3 Å². The zero-order chi connectivity index (χ0) is 12.8. The summed E-state index contributed by atoms with van der Waals surface area (Å²) in [5.74, 6) is 0.517. The molecule has 0 spiro atoms. The molecule has 0 heterocycles. The van der Waals surface area contributed by atoms with Crippen LogP contribution in [0.5, 0.6) is 5.75 Å². The van der Waals surface area contributed by atoms with Gasteiger partial charge in [-0.3, -0.25) is 4.79 Å². The van der Waals surface area contributed by atoms with Crippen LogP contribution in [-0.4, -0.2) is 19.1 Å². The summed E-state index contributed by atoms with van der Waals surface area (Å²) >= 11 is 5.94. The Hall–Kier alpha value is -0.970. The minimum Gasteiger partial charge on any atom is -0.495 e. The van der Waals surface area contributed by atoms with Crippen molar-refractivity contribution >= 4 is 35.6 Å². The molecule has 0 saturated heterocycles. The molecular formula is C12H18Cl2N2O2. The number of hydrogen-bond donors (Lipinski definition) is 2. The highest BCUT2D eigenvalue weighted by Gasteiger charge is 2.06. The second-order valence-electron chi connectivity index (χ2n) is 3.91. The van der Waals surface area contributed by atoms with Gasteiger partial charge in [-0.05, 0) is 31.5 Å². The molecular weight excluding hydrogens is 275 g/mol. The SMILES string of the molecule is COc1ccc(NC(=O)CCC(C)N)cc1Cl.Cl. The summed E-state index contributed by atoms with van der Waals surface area (Å²) in [6.45, 7) is 1.87. The highest BCUT2D eigenvalue weighted by atomic mass is 35.5. The monoisotopic (exact) mass is 292 g/mol. The third-order valence-electron chi connectivity index (χ3n) is 2.26. The van der Waals surface area contributed by atoms with Crippen LogP contribution in [0.25, 0.3) is 0 Å². The zero-order valence-corrected chi connectivity index (χ0v) is 12.0. The standard InChI is InChI=1S/C12H17ClN2O2.ClH/c1-8(14)3-6-12(16)15-9-4-5-11(17-2)10(13)7-9;/h4-5,7-8H,3,6,14H2,1-2H3,(H,15,16);1H. The maximum Gasteiger partial charge on any atom is 0.224 e. The number of ether oxygens (including phenoxy) is 1. The lowest BCUT2D eigenvalue weighted by molar-refractivity contribution is -0.116. The third kappa shape index (κ3) is 5.58. The van der Waals surface area contributed by atoms with Crippen molar-refractivity contribution in [3.05, 3.63) is 23.2 Å². The zero-order valence-electron chi connectivity index (χ0n) is 10.4. The molecule has 4 nitrogen and oxygen atoms in total. The first-order valence-corrected chi connectivity index (χ1v) is 5.79. The second kappa shape index (κ2) is 8.19. The Kier molecular flexibility index (Phi) is 7.75. The van der Waals surface area contributed by atoms with E-state index < -0.39 is 0 Å². The van der Waals surface area contributed by atoms with Crippen molar-refractivity contribution < 1.29 is 9.53 Å². The van der Waals surface area contributed by atoms with E-state index in [0.717, 1.165) is 0 Å². The van der Waals surface area contributed by atoms with Crippen molar-refractivity contribution in [3.8, 4) is 5.75 Å². The molecule has 18 heavy (non-hydrogen) atoms. The van der Waals surface area contributed by atoms with Crippen molar-refractivity contribution in [2.75, 3.05) is 12.4 Å². The predicted molar refractivity (Wildman–Crippen MR) is 76.8 cm³/mol.